The van der Waals surface area contributed by atoms with Crippen molar-refractivity contribution in [2.45, 2.75) is 19.4 Å². The van der Waals surface area contributed by atoms with E-state index in [1.807, 2.05) is 0 Å². The van der Waals surface area contributed by atoms with Crippen LogP contribution in [0.2, 0.25) is 0 Å². The van der Waals surface area contributed by atoms with Gasteiger partial charge in [0.1, 0.15) is 12.6 Å². The van der Waals surface area contributed by atoms with Crippen LogP contribution in [0.15, 0.2) is 18.5 Å². The average molecular weight is 248 g/mol. The van der Waals surface area contributed by atoms with Gasteiger partial charge in [-0.2, -0.15) is 0 Å². The lowest BCUT2D eigenvalue weighted by atomic mass is 10.3. The molecule has 0 saturated carbocycles. The maximum atomic E-state index is 11.6. The van der Waals surface area contributed by atoms with Gasteiger partial charge in [-0.1, -0.05) is 4.68 Å². The van der Waals surface area contributed by atoms with Crippen molar-refractivity contribution in [1.29, 1.82) is 0 Å². The number of nitrogens with one attached hydrogen (secondary N) is 1. The number of rotatable bonds is 6. The summed E-state index contributed by atoms with van der Waals surface area (Å²) in [5, 5.41) is 15.1. The fourth-order valence-corrected chi connectivity index (χ4v) is 1.21. The summed E-state index contributed by atoms with van der Waals surface area (Å²) < 4.78 is 1.46. The zero-order valence-electron chi connectivity index (χ0n) is 9.80. The van der Waals surface area contributed by atoms with Gasteiger partial charge in [0.25, 0.3) is 5.91 Å². The Labute approximate surface area is 105 Å². The minimum Gasteiger partial charge on any atom is -0.481 e. The molecule has 0 unspecified atom stereocenters. The molecule has 1 aromatic rings. The monoisotopic (exact) mass is 248 g/mol. The van der Waals surface area contributed by atoms with E-state index in [0.717, 1.165) is 0 Å². The number of carbonyl (C=O) groups is 2. The molecular weight excluding hydrogens is 234 g/mol. The molecule has 1 aromatic heterocycles. The maximum absolute atomic E-state index is 11.6. The number of terminal acetylenes is 1. The van der Waals surface area contributed by atoms with Crippen LogP contribution in [0, 0.1) is 12.3 Å². The highest BCUT2D eigenvalue weighted by atomic mass is 16.4. The van der Waals surface area contributed by atoms with Gasteiger partial charge in [-0.3, -0.25) is 9.59 Å². The lowest BCUT2D eigenvalue weighted by Crippen LogP contribution is -2.39. The molecule has 0 saturated heterocycles. The van der Waals surface area contributed by atoms with E-state index >= 15 is 0 Å². The molecule has 1 rings (SSSR count). The smallest absolute Gasteiger partial charge is 0.309 e. The SMILES string of the molecule is C#CCCNC(=O)c1cc[n+](CCC(=O)O)nc1. The Hall–Kier alpha value is -2.42. The minimum atomic E-state index is -0.889. The Bertz CT molecular complexity index is 462. The molecule has 0 bridgehead atoms. The van der Waals surface area contributed by atoms with Crippen molar-refractivity contribution in [3.05, 3.63) is 24.0 Å². The second-order valence-corrected chi connectivity index (χ2v) is 3.53. The Morgan fingerprint density at radius 1 is 1.56 bits per heavy atom. The number of carbonyl (C=O) groups excluding carboxylic acids is 1. The maximum Gasteiger partial charge on any atom is 0.309 e. The van der Waals surface area contributed by atoms with E-state index in [1.165, 1.54) is 10.9 Å². The molecule has 2 N–H and O–H groups in total. The van der Waals surface area contributed by atoms with Gasteiger partial charge in [-0.05, 0) is 5.10 Å². The second-order valence-electron chi connectivity index (χ2n) is 3.53. The third-order valence-electron chi connectivity index (χ3n) is 2.14. The van der Waals surface area contributed by atoms with Gasteiger partial charge in [0.2, 0.25) is 0 Å². The number of hydrogen-bond acceptors (Lipinski definition) is 3. The fourth-order valence-electron chi connectivity index (χ4n) is 1.21. The van der Waals surface area contributed by atoms with Crippen molar-refractivity contribution in [1.82, 2.24) is 10.4 Å². The molecule has 0 aromatic carbocycles. The van der Waals surface area contributed by atoms with Gasteiger partial charge >= 0.3 is 5.97 Å². The van der Waals surface area contributed by atoms with Gasteiger partial charge < -0.3 is 10.4 Å². The van der Waals surface area contributed by atoms with Gasteiger partial charge in [0.15, 0.2) is 12.7 Å². The molecule has 0 aliphatic rings. The molecule has 18 heavy (non-hydrogen) atoms. The van der Waals surface area contributed by atoms with E-state index in [-0.39, 0.29) is 18.9 Å². The highest BCUT2D eigenvalue weighted by Crippen LogP contribution is 1.93. The fraction of sp³-hybridized carbons (Fsp3) is 0.333. The first-order valence-corrected chi connectivity index (χ1v) is 5.42. The van der Waals surface area contributed by atoms with Gasteiger partial charge in [-0.15, -0.1) is 12.3 Å². The third kappa shape index (κ3) is 4.61. The standard InChI is InChI=1S/C12H13N3O3/c1-2-3-6-13-12(18)10-4-7-15(14-9-10)8-5-11(16)17/h1,4,7,9H,3,5-6,8H2,(H-,13,16,17,18)/p+1. The first kappa shape index (κ1) is 13.6. The molecule has 0 spiro atoms. The largest absolute Gasteiger partial charge is 0.481 e. The third-order valence-corrected chi connectivity index (χ3v) is 2.14. The Kier molecular flexibility index (Phi) is 5.32. The first-order chi connectivity index (χ1) is 8.63. The molecule has 0 aliphatic heterocycles. The average Bonchev–Trinajstić information content (AvgIpc) is 2.37. The topological polar surface area (TPSA) is 83.2 Å². The number of aliphatic carboxylic acids is 1. The minimum absolute atomic E-state index is 0.00855. The van der Waals surface area contributed by atoms with Crippen LogP contribution in [0.3, 0.4) is 0 Å². The zero-order valence-corrected chi connectivity index (χ0v) is 9.80. The number of nitrogens with zero attached hydrogens (tertiary/aromatic N) is 2. The summed E-state index contributed by atoms with van der Waals surface area (Å²) in [5.74, 6) is 1.29. The molecule has 94 valence electrons. The van der Waals surface area contributed by atoms with Crippen LogP contribution >= 0.6 is 0 Å². The summed E-state index contributed by atoms with van der Waals surface area (Å²) in [6.07, 6.45) is 8.50. The second kappa shape index (κ2) is 7.01. The van der Waals surface area contributed by atoms with Crippen molar-refractivity contribution >= 4 is 11.9 Å². The Balaban J connectivity index is 2.51. The number of carboxylic acid groups (broad SMARTS) is 1. The van der Waals surface area contributed by atoms with Crippen LogP contribution < -0.4 is 10.00 Å². The van der Waals surface area contributed by atoms with Gasteiger partial charge in [0.05, 0.1) is 5.56 Å². The number of aromatic nitrogens is 2. The van der Waals surface area contributed by atoms with E-state index < -0.39 is 5.97 Å². The van der Waals surface area contributed by atoms with Gasteiger partial charge in [-0.25, -0.2) is 0 Å². The van der Waals surface area contributed by atoms with Crippen molar-refractivity contribution in [3.8, 4) is 12.3 Å². The zero-order chi connectivity index (χ0) is 13.4. The summed E-state index contributed by atoms with van der Waals surface area (Å²) in [4.78, 5) is 21.9. The number of aryl methyl sites for hydroxylation is 1. The lowest BCUT2D eigenvalue weighted by Gasteiger charge is -2.01. The van der Waals surface area contributed by atoms with Crippen LogP contribution in [0.1, 0.15) is 23.2 Å². The summed E-state index contributed by atoms with van der Waals surface area (Å²) >= 11 is 0. The van der Waals surface area contributed by atoms with Crippen LogP contribution in [0.25, 0.3) is 0 Å². The Morgan fingerprint density at radius 3 is 2.89 bits per heavy atom. The van der Waals surface area contributed by atoms with Crippen molar-refractivity contribution in [2.75, 3.05) is 6.54 Å². The molecular formula is C12H14N3O3+. The van der Waals surface area contributed by atoms with Crippen LogP contribution in [-0.2, 0) is 11.3 Å². The predicted molar refractivity (Wildman–Crippen MR) is 62.5 cm³/mol. The molecule has 0 atom stereocenters. The van der Waals surface area contributed by atoms with Gasteiger partial charge in [0, 0.05) is 19.0 Å². The normalized spacial score (nSPS) is 9.50. The van der Waals surface area contributed by atoms with E-state index in [9.17, 15) is 9.59 Å². The van der Waals surface area contributed by atoms with E-state index in [2.05, 4.69) is 16.3 Å². The molecule has 0 fully saturated rings. The number of carboxylic acids is 1. The Morgan fingerprint density at radius 2 is 2.33 bits per heavy atom. The van der Waals surface area contributed by atoms with Crippen LogP contribution in [0.4, 0.5) is 0 Å². The highest BCUT2D eigenvalue weighted by molar-refractivity contribution is 5.93. The molecule has 0 radical (unpaired) electrons. The molecule has 6 heteroatoms. The number of amides is 1. The summed E-state index contributed by atoms with van der Waals surface area (Å²) in [5.41, 5.74) is 0.415. The molecule has 1 heterocycles. The van der Waals surface area contributed by atoms with E-state index in [1.54, 1.807) is 12.3 Å². The molecule has 1 amide bonds. The van der Waals surface area contributed by atoms with Crippen molar-refractivity contribution in [2.24, 2.45) is 0 Å². The first-order valence-electron chi connectivity index (χ1n) is 5.42. The van der Waals surface area contributed by atoms with Crippen LogP contribution in [-0.4, -0.2) is 28.6 Å². The summed E-state index contributed by atoms with van der Waals surface area (Å²) in [6, 6.07) is 1.58. The lowest BCUT2D eigenvalue weighted by molar-refractivity contribution is -0.753. The van der Waals surface area contributed by atoms with E-state index in [4.69, 9.17) is 11.5 Å². The molecule has 6 nitrogen and oxygen atoms in total. The summed E-state index contributed by atoms with van der Waals surface area (Å²) in [6.45, 7) is 0.692. The molecule has 0 aliphatic carbocycles. The highest BCUT2D eigenvalue weighted by Gasteiger charge is 2.10. The van der Waals surface area contributed by atoms with Crippen molar-refractivity contribution < 1.29 is 19.4 Å². The van der Waals surface area contributed by atoms with Crippen LogP contribution in [0.5, 0.6) is 0 Å². The summed E-state index contributed by atoms with van der Waals surface area (Å²) in [7, 11) is 0. The van der Waals surface area contributed by atoms with E-state index in [0.29, 0.717) is 18.5 Å². The predicted octanol–water partition coefficient (Wildman–Crippen LogP) is -0.403. The number of hydrogen-bond donors (Lipinski definition) is 2. The van der Waals surface area contributed by atoms with Crippen molar-refractivity contribution in [3.63, 3.8) is 0 Å². The quantitative estimate of drug-likeness (QED) is 0.407.